The molecule has 8 atom stereocenters. The first-order chi connectivity index (χ1) is 31.5. The largest absolute Gasteiger partial charge is 0.472 e. The third kappa shape index (κ3) is 31.0. The summed E-state index contributed by atoms with van der Waals surface area (Å²) in [4.78, 5) is 66.5. The molecule has 0 bridgehead atoms. The minimum absolute atomic E-state index is 0.0455. The molecule has 5 unspecified atom stereocenters. The Bertz CT molecular complexity index is 1670. The maximum absolute atomic E-state index is 13.0. The number of carbonyl (C=O) groups excluding carboxylic acids is 3. The third-order valence-electron chi connectivity index (χ3n) is 9.92. The van der Waals surface area contributed by atoms with Gasteiger partial charge in [0.15, 0.2) is 11.9 Å². The molecule has 1 saturated carbocycles. The highest BCUT2D eigenvalue weighted by Crippen LogP contribution is 2.49. The lowest BCUT2D eigenvalue weighted by molar-refractivity contribution is -0.216. The number of phosphoric acid groups is 2. The van der Waals surface area contributed by atoms with Crippen molar-refractivity contribution in [2.45, 2.75) is 179 Å². The second-order valence-electron chi connectivity index (χ2n) is 15.8. The molecule has 7 N–H and O–H groups in total. The number of carbonyl (C=O) groups is 3. The van der Waals surface area contributed by atoms with E-state index in [2.05, 4.69) is 60.9 Å². The minimum Gasteiger partial charge on any atom is -0.462 e. The van der Waals surface area contributed by atoms with Crippen molar-refractivity contribution in [1.29, 1.82) is 0 Å². The Morgan fingerprint density at radius 2 is 1.02 bits per heavy atom. The fourth-order valence-electron chi connectivity index (χ4n) is 6.28. The highest BCUT2D eigenvalue weighted by Gasteiger charge is 2.54. The smallest absolute Gasteiger partial charge is 0.462 e. The first kappa shape index (κ1) is 60.9. The lowest BCUT2D eigenvalue weighted by atomic mass is 9.85. The van der Waals surface area contributed by atoms with Gasteiger partial charge in [-0.2, -0.15) is 0 Å². The molecular weight excluding hydrogens is 898 g/mol. The van der Waals surface area contributed by atoms with Gasteiger partial charge in [0.2, 0.25) is 0 Å². The SMILES string of the molecule is CCCCC/C=C\C/C=C\C/C=C\C=C\C(=O)CCCC(=O)OC[C@H](COP(=O)(O)O[C@H]1C(O)C(O)C(O)[C@@H](OP(=O)(O)O)C1O)OC(=O)CCCC/C=C\C/C=C\C/C=C\CCCCC. The van der Waals surface area contributed by atoms with Gasteiger partial charge in [0.25, 0.3) is 0 Å². The summed E-state index contributed by atoms with van der Waals surface area (Å²) >= 11 is 0. The normalized spacial score (nSPS) is 22.2. The van der Waals surface area contributed by atoms with Crippen LogP contribution in [-0.4, -0.2) is 109 Å². The molecule has 1 aliphatic carbocycles. The van der Waals surface area contributed by atoms with Gasteiger partial charge in [0.1, 0.15) is 43.2 Å². The van der Waals surface area contributed by atoms with Crippen molar-refractivity contribution in [2.24, 2.45) is 0 Å². The fraction of sp³-hybridized carbons (Fsp3) is 0.638. The van der Waals surface area contributed by atoms with E-state index in [1.807, 2.05) is 24.3 Å². The van der Waals surface area contributed by atoms with Crippen molar-refractivity contribution < 1.29 is 81.7 Å². The zero-order chi connectivity index (χ0) is 49.1. The summed E-state index contributed by atoms with van der Waals surface area (Å²) < 4.78 is 49.1. The van der Waals surface area contributed by atoms with Crippen LogP contribution in [0.25, 0.3) is 0 Å². The zero-order valence-electron chi connectivity index (χ0n) is 38.6. The Balaban J connectivity index is 2.73. The van der Waals surface area contributed by atoms with E-state index < -0.39 is 83.5 Å². The van der Waals surface area contributed by atoms with Crippen LogP contribution in [0.2, 0.25) is 0 Å². The monoisotopic (exact) mass is 974 g/mol. The van der Waals surface area contributed by atoms with Crippen LogP contribution in [0.4, 0.5) is 0 Å². The van der Waals surface area contributed by atoms with Gasteiger partial charge in [-0.3, -0.25) is 28.0 Å². The van der Waals surface area contributed by atoms with Crippen LogP contribution in [0, 0.1) is 0 Å². The zero-order valence-corrected chi connectivity index (χ0v) is 40.4. The van der Waals surface area contributed by atoms with Crippen molar-refractivity contribution in [3.8, 4) is 0 Å². The topological polar surface area (TPSA) is 273 Å². The summed E-state index contributed by atoms with van der Waals surface area (Å²) in [6, 6.07) is 0. The number of phosphoric ester groups is 2. The van der Waals surface area contributed by atoms with Crippen LogP contribution in [0.5, 0.6) is 0 Å². The number of hydrogen-bond donors (Lipinski definition) is 7. The molecule has 0 saturated heterocycles. The molecule has 0 aromatic rings. The minimum atomic E-state index is -5.39. The summed E-state index contributed by atoms with van der Waals surface area (Å²) in [5.41, 5.74) is 0. The van der Waals surface area contributed by atoms with Gasteiger partial charge in [-0.25, -0.2) is 9.13 Å². The summed E-state index contributed by atoms with van der Waals surface area (Å²) in [6.07, 6.45) is 26.9. The Labute approximate surface area is 390 Å². The molecule has 1 fully saturated rings. The number of esters is 2. The lowest BCUT2D eigenvalue weighted by Gasteiger charge is -2.43. The Morgan fingerprint density at radius 3 is 1.55 bits per heavy atom. The number of ketones is 1. The van der Waals surface area contributed by atoms with E-state index in [0.717, 1.165) is 32.1 Å². The molecule has 0 aliphatic heterocycles. The second kappa shape index (κ2) is 36.8. The predicted molar refractivity (Wildman–Crippen MR) is 250 cm³/mol. The number of hydrogen-bond acceptors (Lipinski definition) is 14. The maximum Gasteiger partial charge on any atom is 0.472 e. The standard InChI is InChI=1S/C47H76O17P2/c1-3-5-7-9-11-13-15-17-18-20-22-24-26-28-30-34-41(50)62-39(37-61-66(58,59)64-47-44(53)42(51)43(52)46(45(47)54)63-65(55,56)57)36-60-40(49)35-31-33-38(48)32-29-27-25-23-21-19-16-14-12-10-8-6-4-2/h11-14,17-19,21-22,24-25,27,29,32,39,42-47,51-54H,3-10,15-16,20,23,26,28,30-31,33-37H2,1-2H3,(H,58,59)(H2,55,56,57)/b13-11-,14-12-,18-17-,21-19-,24-22-,27-25-,32-29+/t39-,42?,43?,44?,45?,46-,47+/m1/s1. The highest BCUT2D eigenvalue weighted by atomic mass is 31.2. The third-order valence-corrected chi connectivity index (χ3v) is 11.4. The van der Waals surface area contributed by atoms with Gasteiger partial charge in [-0.05, 0) is 83.1 Å². The molecule has 1 aliphatic rings. The molecule has 0 radical (unpaired) electrons. The molecule has 0 heterocycles. The second-order valence-corrected chi connectivity index (χ2v) is 18.4. The van der Waals surface area contributed by atoms with Gasteiger partial charge in [-0.15, -0.1) is 0 Å². The summed E-state index contributed by atoms with van der Waals surface area (Å²) in [5.74, 6) is -1.73. The Morgan fingerprint density at radius 1 is 0.530 bits per heavy atom. The average molecular weight is 975 g/mol. The van der Waals surface area contributed by atoms with Gasteiger partial charge < -0.3 is 44.6 Å². The Hall–Kier alpha value is -3.15. The maximum atomic E-state index is 13.0. The van der Waals surface area contributed by atoms with E-state index >= 15 is 0 Å². The molecule has 0 amide bonds. The summed E-state index contributed by atoms with van der Waals surface area (Å²) in [6.45, 7) is 2.79. The number of rotatable bonds is 37. The van der Waals surface area contributed by atoms with Crippen LogP contribution < -0.4 is 0 Å². The van der Waals surface area contributed by atoms with Crippen molar-refractivity contribution in [3.63, 3.8) is 0 Å². The number of unbranched alkanes of at least 4 members (excludes halogenated alkanes) is 8. The van der Waals surface area contributed by atoms with E-state index in [-0.39, 0.29) is 31.5 Å². The van der Waals surface area contributed by atoms with E-state index in [1.165, 1.54) is 44.6 Å². The van der Waals surface area contributed by atoms with Gasteiger partial charge in [-0.1, -0.05) is 119 Å². The van der Waals surface area contributed by atoms with E-state index in [4.69, 9.17) is 28.3 Å². The Kier molecular flexibility index (Phi) is 34.0. The van der Waals surface area contributed by atoms with Gasteiger partial charge in [0, 0.05) is 19.3 Å². The van der Waals surface area contributed by atoms with Crippen molar-refractivity contribution in [1.82, 2.24) is 0 Å². The molecule has 17 nitrogen and oxygen atoms in total. The summed E-state index contributed by atoms with van der Waals surface area (Å²) in [5, 5.41) is 41.2. The summed E-state index contributed by atoms with van der Waals surface area (Å²) in [7, 11) is -10.8. The predicted octanol–water partition coefficient (Wildman–Crippen LogP) is 7.79. The van der Waals surface area contributed by atoms with E-state index in [1.54, 1.807) is 12.2 Å². The number of aliphatic hydroxyl groups is 4. The van der Waals surface area contributed by atoms with Crippen LogP contribution in [0.1, 0.15) is 136 Å². The molecule has 0 spiro atoms. The number of aliphatic hydroxyl groups excluding tert-OH is 4. The van der Waals surface area contributed by atoms with E-state index in [0.29, 0.717) is 25.7 Å². The van der Waals surface area contributed by atoms with E-state index in [9.17, 15) is 48.8 Å². The molecule has 376 valence electrons. The molecular formula is C47H76O17P2. The fourth-order valence-corrected chi connectivity index (χ4v) is 7.82. The molecule has 19 heteroatoms. The first-order valence-electron chi connectivity index (χ1n) is 23.1. The number of ether oxygens (including phenoxy) is 2. The molecule has 0 aromatic carbocycles. The van der Waals surface area contributed by atoms with Crippen LogP contribution in [0.3, 0.4) is 0 Å². The highest BCUT2D eigenvalue weighted by molar-refractivity contribution is 7.47. The average Bonchev–Trinajstić information content (AvgIpc) is 3.26. The van der Waals surface area contributed by atoms with Crippen LogP contribution >= 0.6 is 15.6 Å². The number of allylic oxidation sites excluding steroid dienone is 14. The molecule has 66 heavy (non-hydrogen) atoms. The molecule has 1 rings (SSSR count). The van der Waals surface area contributed by atoms with Crippen molar-refractivity contribution in [3.05, 3.63) is 85.1 Å². The quantitative estimate of drug-likeness (QED) is 0.00781. The van der Waals surface area contributed by atoms with Crippen molar-refractivity contribution in [2.75, 3.05) is 13.2 Å². The lowest BCUT2D eigenvalue weighted by Crippen LogP contribution is -2.64. The molecule has 0 aromatic heterocycles. The van der Waals surface area contributed by atoms with Crippen LogP contribution in [-0.2, 0) is 46.6 Å². The van der Waals surface area contributed by atoms with Crippen molar-refractivity contribution >= 4 is 33.4 Å². The van der Waals surface area contributed by atoms with Gasteiger partial charge >= 0.3 is 27.6 Å². The van der Waals surface area contributed by atoms with Gasteiger partial charge in [0.05, 0.1) is 6.61 Å². The first-order valence-corrected chi connectivity index (χ1v) is 26.1. The van der Waals surface area contributed by atoms with Crippen LogP contribution in [0.15, 0.2) is 85.1 Å².